The van der Waals surface area contributed by atoms with Gasteiger partial charge in [-0.3, -0.25) is 0 Å². The summed E-state index contributed by atoms with van der Waals surface area (Å²) in [6.45, 7) is 1.71. The summed E-state index contributed by atoms with van der Waals surface area (Å²) in [6, 6.07) is 6.29. The molecule has 1 unspecified atom stereocenters. The standard InChI is InChI=1S/C10H12O4/c1-2-8(10(12)13)14-9-6-4-3-5-7(9)11/h3-6,8,11H,2H2,1H3,(H,12,13). The van der Waals surface area contributed by atoms with Gasteiger partial charge in [-0.05, 0) is 18.6 Å². The Morgan fingerprint density at radius 2 is 2.14 bits per heavy atom. The zero-order valence-electron chi connectivity index (χ0n) is 7.80. The molecule has 0 aliphatic carbocycles. The highest BCUT2D eigenvalue weighted by molar-refractivity contribution is 5.72. The molecule has 1 atom stereocenters. The lowest BCUT2D eigenvalue weighted by Crippen LogP contribution is -2.25. The number of rotatable bonds is 4. The number of para-hydroxylation sites is 2. The van der Waals surface area contributed by atoms with Crippen LogP contribution in [0.5, 0.6) is 11.5 Å². The Hall–Kier alpha value is -1.71. The number of carboxylic acid groups (broad SMARTS) is 1. The number of phenols is 1. The minimum Gasteiger partial charge on any atom is -0.504 e. The van der Waals surface area contributed by atoms with E-state index in [1.807, 2.05) is 0 Å². The van der Waals surface area contributed by atoms with Crippen LogP contribution in [0.2, 0.25) is 0 Å². The van der Waals surface area contributed by atoms with Crippen LogP contribution in [0.25, 0.3) is 0 Å². The molecule has 0 heterocycles. The molecule has 76 valence electrons. The van der Waals surface area contributed by atoms with Crippen LogP contribution < -0.4 is 4.74 Å². The van der Waals surface area contributed by atoms with Crippen molar-refractivity contribution in [2.75, 3.05) is 0 Å². The Kier molecular flexibility index (Phi) is 3.34. The molecule has 4 nitrogen and oxygen atoms in total. The SMILES string of the molecule is CCC(Oc1ccccc1O)C(=O)O. The van der Waals surface area contributed by atoms with Crippen LogP contribution in [-0.2, 0) is 4.79 Å². The number of aromatic hydroxyl groups is 1. The summed E-state index contributed by atoms with van der Waals surface area (Å²) in [5.41, 5.74) is 0. The highest BCUT2D eigenvalue weighted by Crippen LogP contribution is 2.25. The van der Waals surface area contributed by atoms with E-state index in [0.29, 0.717) is 6.42 Å². The molecule has 0 amide bonds. The van der Waals surface area contributed by atoms with Crippen molar-refractivity contribution >= 4 is 5.97 Å². The predicted octanol–water partition coefficient (Wildman–Crippen LogP) is 1.63. The average Bonchev–Trinajstić information content (AvgIpc) is 2.16. The summed E-state index contributed by atoms with van der Waals surface area (Å²) in [4.78, 5) is 10.6. The first-order valence-corrected chi connectivity index (χ1v) is 4.32. The van der Waals surface area contributed by atoms with Gasteiger partial charge in [0.2, 0.25) is 0 Å². The molecular weight excluding hydrogens is 184 g/mol. The molecule has 0 bridgehead atoms. The van der Waals surface area contributed by atoms with Crippen molar-refractivity contribution in [3.8, 4) is 11.5 Å². The van der Waals surface area contributed by atoms with Crippen LogP contribution >= 0.6 is 0 Å². The van der Waals surface area contributed by atoms with Gasteiger partial charge in [-0.1, -0.05) is 19.1 Å². The van der Waals surface area contributed by atoms with Crippen LogP contribution in [0, 0.1) is 0 Å². The number of aliphatic carboxylic acids is 1. The third-order valence-electron chi connectivity index (χ3n) is 1.78. The maximum atomic E-state index is 10.6. The molecule has 2 N–H and O–H groups in total. The second-order valence-electron chi connectivity index (χ2n) is 2.82. The molecule has 0 saturated carbocycles. The lowest BCUT2D eigenvalue weighted by molar-refractivity contribution is -0.145. The van der Waals surface area contributed by atoms with E-state index >= 15 is 0 Å². The summed E-state index contributed by atoms with van der Waals surface area (Å²) in [5.74, 6) is -0.885. The highest BCUT2D eigenvalue weighted by atomic mass is 16.5. The summed E-state index contributed by atoms with van der Waals surface area (Å²) < 4.78 is 5.11. The first kappa shape index (κ1) is 10.4. The van der Waals surface area contributed by atoms with E-state index in [2.05, 4.69) is 0 Å². The van der Waals surface area contributed by atoms with Crippen LogP contribution in [0.15, 0.2) is 24.3 Å². The average molecular weight is 196 g/mol. The van der Waals surface area contributed by atoms with E-state index in [-0.39, 0.29) is 11.5 Å². The Labute approximate surface area is 81.8 Å². The van der Waals surface area contributed by atoms with Crippen molar-refractivity contribution in [1.82, 2.24) is 0 Å². The first-order chi connectivity index (χ1) is 6.65. The quantitative estimate of drug-likeness (QED) is 0.768. The van der Waals surface area contributed by atoms with E-state index in [9.17, 15) is 9.90 Å². The van der Waals surface area contributed by atoms with Crippen molar-refractivity contribution in [3.63, 3.8) is 0 Å². The van der Waals surface area contributed by atoms with Gasteiger partial charge >= 0.3 is 5.97 Å². The molecule has 0 saturated heterocycles. The van der Waals surface area contributed by atoms with Gasteiger partial charge in [0.25, 0.3) is 0 Å². The molecule has 0 spiro atoms. The number of hydrogen-bond acceptors (Lipinski definition) is 3. The largest absolute Gasteiger partial charge is 0.504 e. The van der Waals surface area contributed by atoms with Gasteiger partial charge in [-0.15, -0.1) is 0 Å². The number of carboxylic acids is 1. The van der Waals surface area contributed by atoms with Gasteiger partial charge < -0.3 is 14.9 Å². The smallest absolute Gasteiger partial charge is 0.344 e. The molecule has 0 radical (unpaired) electrons. The third-order valence-corrected chi connectivity index (χ3v) is 1.78. The number of phenolic OH excluding ortho intramolecular Hbond substituents is 1. The highest BCUT2D eigenvalue weighted by Gasteiger charge is 2.17. The van der Waals surface area contributed by atoms with Gasteiger partial charge in [0, 0.05) is 0 Å². The van der Waals surface area contributed by atoms with E-state index in [0.717, 1.165) is 0 Å². The summed E-state index contributed by atoms with van der Waals surface area (Å²) in [5, 5.41) is 18.0. The number of benzene rings is 1. The lowest BCUT2D eigenvalue weighted by atomic mass is 10.2. The molecule has 0 aliphatic heterocycles. The summed E-state index contributed by atoms with van der Waals surface area (Å²) in [6.07, 6.45) is -0.563. The monoisotopic (exact) mass is 196 g/mol. The molecule has 0 fully saturated rings. The van der Waals surface area contributed by atoms with Crippen molar-refractivity contribution in [1.29, 1.82) is 0 Å². The van der Waals surface area contributed by atoms with Crippen LogP contribution in [0.1, 0.15) is 13.3 Å². The Morgan fingerprint density at radius 1 is 1.50 bits per heavy atom. The first-order valence-electron chi connectivity index (χ1n) is 4.32. The van der Waals surface area contributed by atoms with Gasteiger partial charge in [-0.25, -0.2) is 4.79 Å². The van der Waals surface area contributed by atoms with E-state index < -0.39 is 12.1 Å². The van der Waals surface area contributed by atoms with Crippen molar-refractivity contribution in [3.05, 3.63) is 24.3 Å². The fourth-order valence-corrected chi connectivity index (χ4v) is 1.02. The van der Waals surface area contributed by atoms with E-state index in [1.54, 1.807) is 19.1 Å². The predicted molar refractivity (Wildman–Crippen MR) is 50.4 cm³/mol. The van der Waals surface area contributed by atoms with Gasteiger partial charge in [0.1, 0.15) is 0 Å². The van der Waals surface area contributed by atoms with E-state index in [1.165, 1.54) is 12.1 Å². The second-order valence-corrected chi connectivity index (χ2v) is 2.82. The maximum Gasteiger partial charge on any atom is 0.344 e. The van der Waals surface area contributed by atoms with Crippen LogP contribution in [0.3, 0.4) is 0 Å². The molecule has 0 aliphatic rings. The molecule has 0 aromatic heterocycles. The number of carbonyl (C=O) groups is 1. The van der Waals surface area contributed by atoms with Gasteiger partial charge in [0.05, 0.1) is 0 Å². The summed E-state index contributed by atoms with van der Waals surface area (Å²) >= 11 is 0. The molecule has 1 rings (SSSR count). The Morgan fingerprint density at radius 3 is 2.64 bits per heavy atom. The maximum absolute atomic E-state index is 10.6. The Bertz CT molecular complexity index is 322. The minimum atomic E-state index is -1.03. The lowest BCUT2D eigenvalue weighted by Gasteiger charge is -2.13. The zero-order valence-corrected chi connectivity index (χ0v) is 7.80. The van der Waals surface area contributed by atoms with Crippen LogP contribution in [-0.4, -0.2) is 22.3 Å². The molecule has 1 aromatic carbocycles. The normalized spacial score (nSPS) is 12.1. The zero-order chi connectivity index (χ0) is 10.6. The van der Waals surface area contributed by atoms with E-state index in [4.69, 9.17) is 9.84 Å². The second kappa shape index (κ2) is 4.50. The number of hydrogen-bond donors (Lipinski definition) is 2. The van der Waals surface area contributed by atoms with Gasteiger partial charge in [-0.2, -0.15) is 0 Å². The van der Waals surface area contributed by atoms with Crippen molar-refractivity contribution in [2.24, 2.45) is 0 Å². The fraction of sp³-hybridized carbons (Fsp3) is 0.300. The fourth-order valence-electron chi connectivity index (χ4n) is 1.02. The third kappa shape index (κ3) is 2.39. The van der Waals surface area contributed by atoms with Gasteiger partial charge in [0.15, 0.2) is 17.6 Å². The Balaban J connectivity index is 2.77. The molecular formula is C10H12O4. The summed E-state index contributed by atoms with van der Waals surface area (Å²) in [7, 11) is 0. The number of ether oxygens (including phenoxy) is 1. The molecule has 4 heteroatoms. The molecule has 14 heavy (non-hydrogen) atoms. The molecule has 1 aromatic rings. The minimum absolute atomic E-state index is 0.0489. The van der Waals surface area contributed by atoms with Crippen LogP contribution in [0.4, 0.5) is 0 Å². The van der Waals surface area contributed by atoms with Crippen molar-refractivity contribution < 1.29 is 19.7 Å². The van der Waals surface area contributed by atoms with Crippen molar-refractivity contribution in [2.45, 2.75) is 19.4 Å². The topological polar surface area (TPSA) is 66.8 Å².